The molecule has 0 radical (unpaired) electrons. The Bertz CT molecular complexity index is 496. The third kappa shape index (κ3) is 6.49. The minimum atomic E-state index is -0.694. The summed E-state index contributed by atoms with van der Waals surface area (Å²) in [6, 6.07) is 7.36. The minimum absolute atomic E-state index is 0.0207. The molecule has 0 aliphatic carbocycles. The van der Waals surface area contributed by atoms with Crippen LogP contribution in [0.15, 0.2) is 24.3 Å². The molecule has 1 amide bonds. The topological polar surface area (TPSA) is 70.6 Å². The zero-order chi connectivity index (χ0) is 17.4. The first-order valence-electron chi connectivity index (χ1n) is 8.96. The largest absolute Gasteiger partial charge is 0.491 e. The zero-order valence-electron chi connectivity index (χ0n) is 14.8. The van der Waals surface area contributed by atoms with E-state index in [2.05, 4.69) is 10.6 Å². The van der Waals surface area contributed by atoms with Gasteiger partial charge in [0.2, 0.25) is 5.91 Å². The quantitative estimate of drug-likeness (QED) is 0.683. The first-order valence-corrected chi connectivity index (χ1v) is 8.96. The molecule has 0 aromatic heterocycles. The van der Waals surface area contributed by atoms with E-state index in [1.807, 2.05) is 38.1 Å². The van der Waals surface area contributed by atoms with E-state index in [4.69, 9.17) is 4.74 Å². The van der Waals surface area contributed by atoms with Crippen LogP contribution in [0.25, 0.3) is 0 Å². The lowest BCUT2D eigenvalue weighted by molar-refractivity contribution is -0.121. The molecular weight excluding hydrogens is 304 g/mol. The summed E-state index contributed by atoms with van der Waals surface area (Å²) in [5.41, 5.74) is 0.782. The normalized spacial score (nSPS) is 16.8. The highest BCUT2D eigenvalue weighted by atomic mass is 16.5. The van der Waals surface area contributed by atoms with Gasteiger partial charge in [-0.3, -0.25) is 4.79 Å². The van der Waals surface area contributed by atoms with Crippen LogP contribution >= 0.6 is 0 Å². The summed E-state index contributed by atoms with van der Waals surface area (Å²) in [5.74, 6) is 1.45. The number of ether oxygens (including phenoxy) is 1. The summed E-state index contributed by atoms with van der Waals surface area (Å²) in [6.07, 6.45) is 3.21. The van der Waals surface area contributed by atoms with Crippen molar-refractivity contribution < 1.29 is 14.6 Å². The summed E-state index contributed by atoms with van der Waals surface area (Å²) in [6.45, 7) is 6.31. The standard InChI is InChI=1S/C19H30N2O3/c1-14(2)24-17-6-4-16(5-7-17)18(22)13-21-19(23)8-3-15-9-11-20-12-10-15/h4-7,14-15,18,20,22H,3,8-13H2,1-2H3,(H,21,23). The number of aliphatic hydroxyl groups excluding tert-OH is 1. The summed E-state index contributed by atoms with van der Waals surface area (Å²) in [7, 11) is 0. The van der Waals surface area contributed by atoms with E-state index >= 15 is 0 Å². The molecule has 1 atom stereocenters. The molecule has 1 fully saturated rings. The van der Waals surface area contributed by atoms with Gasteiger partial charge in [-0.05, 0) is 69.8 Å². The van der Waals surface area contributed by atoms with Gasteiger partial charge in [-0.15, -0.1) is 0 Å². The Kier molecular flexibility index (Phi) is 7.53. The molecule has 0 spiro atoms. The van der Waals surface area contributed by atoms with Gasteiger partial charge in [0, 0.05) is 13.0 Å². The fraction of sp³-hybridized carbons (Fsp3) is 0.632. The van der Waals surface area contributed by atoms with Crippen LogP contribution in [0, 0.1) is 5.92 Å². The molecule has 1 unspecified atom stereocenters. The SMILES string of the molecule is CC(C)Oc1ccc(C(O)CNC(=O)CCC2CCNCC2)cc1. The van der Waals surface area contributed by atoms with Gasteiger partial charge in [0.15, 0.2) is 0 Å². The van der Waals surface area contributed by atoms with Crippen LogP contribution in [0.4, 0.5) is 0 Å². The molecule has 1 saturated heterocycles. The molecule has 1 aliphatic heterocycles. The molecule has 1 aromatic carbocycles. The van der Waals surface area contributed by atoms with Gasteiger partial charge in [0.1, 0.15) is 5.75 Å². The number of aliphatic hydroxyl groups is 1. The lowest BCUT2D eigenvalue weighted by atomic mass is 9.93. The molecule has 3 N–H and O–H groups in total. The minimum Gasteiger partial charge on any atom is -0.491 e. The summed E-state index contributed by atoms with van der Waals surface area (Å²) in [4.78, 5) is 11.9. The monoisotopic (exact) mass is 334 g/mol. The van der Waals surface area contributed by atoms with Gasteiger partial charge in [0.05, 0.1) is 12.2 Å². The predicted octanol–water partition coefficient (Wildman–Crippen LogP) is 2.40. The van der Waals surface area contributed by atoms with Crippen LogP contribution in [-0.4, -0.2) is 36.8 Å². The first-order chi connectivity index (χ1) is 11.5. The highest BCUT2D eigenvalue weighted by molar-refractivity contribution is 5.75. The number of carbonyl (C=O) groups excluding carboxylic acids is 1. The highest BCUT2D eigenvalue weighted by Gasteiger charge is 2.15. The number of rotatable bonds is 8. The maximum Gasteiger partial charge on any atom is 0.220 e. The van der Waals surface area contributed by atoms with E-state index < -0.39 is 6.10 Å². The maximum absolute atomic E-state index is 11.9. The smallest absolute Gasteiger partial charge is 0.220 e. The average Bonchev–Trinajstić information content (AvgIpc) is 2.59. The second-order valence-electron chi connectivity index (χ2n) is 6.79. The molecule has 2 rings (SSSR count). The highest BCUT2D eigenvalue weighted by Crippen LogP contribution is 2.19. The van der Waals surface area contributed by atoms with Crippen LogP contribution in [0.1, 0.15) is 51.2 Å². The van der Waals surface area contributed by atoms with Crippen molar-refractivity contribution in [2.45, 2.75) is 51.7 Å². The van der Waals surface area contributed by atoms with E-state index in [1.54, 1.807) is 0 Å². The lowest BCUT2D eigenvalue weighted by Gasteiger charge is -2.22. The number of hydrogen-bond donors (Lipinski definition) is 3. The predicted molar refractivity (Wildman–Crippen MR) is 95.0 cm³/mol. The van der Waals surface area contributed by atoms with Crippen LogP contribution in [0.5, 0.6) is 5.75 Å². The summed E-state index contributed by atoms with van der Waals surface area (Å²) >= 11 is 0. The first kappa shape index (κ1) is 18.7. The van der Waals surface area contributed by atoms with Crippen molar-refractivity contribution in [2.24, 2.45) is 5.92 Å². The lowest BCUT2D eigenvalue weighted by Crippen LogP contribution is -2.31. The third-order valence-electron chi connectivity index (χ3n) is 4.37. The van der Waals surface area contributed by atoms with Crippen molar-refractivity contribution >= 4 is 5.91 Å². The average molecular weight is 334 g/mol. The van der Waals surface area contributed by atoms with Crippen LogP contribution in [0.2, 0.25) is 0 Å². The van der Waals surface area contributed by atoms with E-state index in [0.717, 1.165) is 43.7 Å². The number of piperidine rings is 1. The number of nitrogens with one attached hydrogen (secondary N) is 2. The van der Waals surface area contributed by atoms with Crippen LogP contribution in [-0.2, 0) is 4.79 Å². The zero-order valence-corrected chi connectivity index (χ0v) is 14.8. The fourth-order valence-electron chi connectivity index (χ4n) is 2.96. The van der Waals surface area contributed by atoms with Gasteiger partial charge >= 0.3 is 0 Å². The van der Waals surface area contributed by atoms with Crippen molar-refractivity contribution in [3.05, 3.63) is 29.8 Å². The van der Waals surface area contributed by atoms with Gasteiger partial charge in [-0.1, -0.05) is 12.1 Å². The Balaban J connectivity index is 1.69. The number of carbonyl (C=O) groups is 1. The number of hydrogen-bond acceptors (Lipinski definition) is 4. The van der Waals surface area contributed by atoms with Crippen molar-refractivity contribution in [3.63, 3.8) is 0 Å². The Labute approximate surface area is 144 Å². The summed E-state index contributed by atoms with van der Waals surface area (Å²) in [5, 5.41) is 16.4. The van der Waals surface area contributed by atoms with Crippen molar-refractivity contribution in [1.29, 1.82) is 0 Å². The van der Waals surface area contributed by atoms with E-state index in [0.29, 0.717) is 12.3 Å². The van der Waals surface area contributed by atoms with Gasteiger partial charge in [0.25, 0.3) is 0 Å². The number of amides is 1. The Morgan fingerprint density at radius 3 is 2.58 bits per heavy atom. The molecule has 1 aromatic rings. The summed E-state index contributed by atoms with van der Waals surface area (Å²) < 4.78 is 5.58. The van der Waals surface area contributed by atoms with Gasteiger partial charge in [-0.2, -0.15) is 0 Å². The van der Waals surface area contributed by atoms with Gasteiger partial charge < -0.3 is 20.5 Å². The van der Waals surface area contributed by atoms with Gasteiger partial charge in [-0.25, -0.2) is 0 Å². The maximum atomic E-state index is 11.9. The third-order valence-corrected chi connectivity index (χ3v) is 4.37. The molecule has 0 bridgehead atoms. The molecule has 1 heterocycles. The molecule has 5 heteroatoms. The Morgan fingerprint density at radius 1 is 1.29 bits per heavy atom. The molecule has 0 saturated carbocycles. The molecule has 1 aliphatic rings. The second-order valence-corrected chi connectivity index (χ2v) is 6.79. The fourth-order valence-corrected chi connectivity index (χ4v) is 2.96. The van der Waals surface area contributed by atoms with Crippen LogP contribution in [0.3, 0.4) is 0 Å². The molecule has 24 heavy (non-hydrogen) atoms. The van der Waals surface area contributed by atoms with Crippen molar-refractivity contribution in [2.75, 3.05) is 19.6 Å². The molecule has 5 nitrogen and oxygen atoms in total. The molecule has 134 valence electrons. The Morgan fingerprint density at radius 2 is 1.96 bits per heavy atom. The number of benzene rings is 1. The van der Waals surface area contributed by atoms with E-state index in [1.165, 1.54) is 0 Å². The van der Waals surface area contributed by atoms with Crippen LogP contribution < -0.4 is 15.4 Å². The van der Waals surface area contributed by atoms with Crippen molar-refractivity contribution in [3.8, 4) is 5.75 Å². The second kappa shape index (κ2) is 9.64. The van der Waals surface area contributed by atoms with E-state index in [9.17, 15) is 9.90 Å². The Hall–Kier alpha value is -1.59. The van der Waals surface area contributed by atoms with Crippen molar-refractivity contribution in [1.82, 2.24) is 10.6 Å². The molecular formula is C19H30N2O3. The van der Waals surface area contributed by atoms with E-state index in [-0.39, 0.29) is 18.6 Å².